The lowest BCUT2D eigenvalue weighted by Crippen LogP contribution is -2.02. The van der Waals surface area contributed by atoms with Crippen molar-refractivity contribution in [1.82, 2.24) is 9.55 Å². The summed E-state index contributed by atoms with van der Waals surface area (Å²) in [7, 11) is 3.59. The summed E-state index contributed by atoms with van der Waals surface area (Å²) in [6, 6.07) is 7.82. The fraction of sp³-hybridized carbons (Fsp3) is 0.308. The molecule has 0 atom stereocenters. The van der Waals surface area contributed by atoms with Crippen molar-refractivity contribution >= 4 is 15.9 Å². The summed E-state index contributed by atoms with van der Waals surface area (Å²) in [5.74, 6) is 1.66. The predicted molar refractivity (Wildman–Crippen MR) is 73.7 cm³/mol. The number of aliphatic hydroxyl groups is 1. The Bertz CT molecular complexity index is 552. The molecule has 0 saturated heterocycles. The van der Waals surface area contributed by atoms with Crippen molar-refractivity contribution in [3.05, 3.63) is 34.7 Å². The highest BCUT2D eigenvalue weighted by Crippen LogP contribution is 2.30. The quantitative estimate of drug-likeness (QED) is 0.943. The van der Waals surface area contributed by atoms with Gasteiger partial charge in [-0.05, 0) is 28.1 Å². The minimum atomic E-state index is 0.0921. The van der Waals surface area contributed by atoms with Gasteiger partial charge in [0, 0.05) is 19.0 Å². The largest absolute Gasteiger partial charge is 0.497 e. The standard InChI is InChI=1S/C13H15BrN2O2/c1-16-11(6-7-17)15-13(14)12(16)9-4-3-5-10(8-9)18-2/h3-5,8,17H,6-7H2,1-2H3. The fourth-order valence-corrected chi connectivity index (χ4v) is 2.62. The van der Waals surface area contributed by atoms with Crippen molar-refractivity contribution < 1.29 is 9.84 Å². The summed E-state index contributed by atoms with van der Waals surface area (Å²) in [6.07, 6.45) is 0.541. The normalized spacial score (nSPS) is 10.7. The van der Waals surface area contributed by atoms with Crippen LogP contribution in [0.4, 0.5) is 0 Å². The van der Waals surface area contributed by atoms with Gasteiger partial charge in [-0.1, -0.05) is 12.1 Å². The first-order chi connectivity index (χ1) is 8.67. The maximum absolute atomic E-state index is 9.01. The molecule has 0 aliphatic carbocycles. The molecular formula is C13H15BrN2O2. The number of nitrogens with zero attached hydrogens (tertiary/aromatic N) is 2. The van der Waals surface area contributed by atoms with E-state index in [1.165, 1.54) is 0 Å². The first-order valence-electron chi connectivity index (χ1n) is 5.63. The van der Waals surface area contributed by atoms with Crippen LogP contribution < -0.4 is 4.74 Å². The summed E-state index contributed by atoms with van der Waals surface area (Å²) in [4.78, 5) is 4.41. The lowest BCUT2D eigenvalue weighted by molar-refractivity contribution is 0.295. The van der Waals surface area contributed by atoms with Crippen LogP contribution in [0.1, 0.15) is 5.82 Å². The van der Waals surface area contributed by atoms with Gasteiger partial charge in [0.15, 0.2) is 0 Å². The van der Waals surface area contributed by atoms with Crippen LogP contribution in [-0.4, -0.2) is 28.4 Å². The molecule has 1 N–H and O–H groups in total. The highest BCUT2D eigenvalue weighted by Gasteiger charge is 2.14. The summed E-state index contributed by atoms with van der Waals surface area (Å²) in [5.41, 5.74) is 2.01. The fourth-order valence-electron chi connectivity index (χ4n) is 1.92. The molecule has 2 aromatic rings. The van der Waals surface area contributed by atoms with Gasteiger partial charge in [0.1, 0.15) is 16.2 Å². The van der Waals surface area contributed by atoms with Crippen LogP contribution in [0, 0.1) is 0 Å². The number of hydrogen-bond donors (Lipinski definition) is 1. The van der Waals surface area contributed by atoms with E-state index in [-0.39, 0.29) is 6.61 Å². The van der Waals surface area contributed by atoms with E-state index in [0.29, 0.717) is 6.42 Å². The Kier molecular flexibility index (Phi) is 4.04. The number of benzene rings is 1. The number of methoxy groups -OCH3 is 1. The number of halogens is 1. The second kappa shape index (κ2) is 5.54. The van der Waals surface area contributed by atoms with E-state index < -0.39 is 0 Å². The molecule has 1 heterocycles. The molecule has 2 rings (SSSR count). The third-order valence-corrected chi connectivity index (χ3v) is 3.38. The number of imidazole rings is 1. The van der Waals surface area contributed by atoms with Crippen LogP contribution in [0.2, 0.25) is 0 Å². The van der Waals surface area contributed by atoms with Crippen LogP contribution >= 0.6 is 15.9 Å². The van der Waals surface area contributed by atoms with Crippen molar-refractivity contribution in [2.45, 2.75) is 6.42 Å². The zero-order valence-corrected chi connectivity index (χ0v) is 11.9. The maximum Gasteiger partial charge on any atom is 0.132 e. The van der Waals surface area contributed by atoms with Gasteiger partial charge in [-0.15, -0.1) is 0 Å². The van der Waals surface area contributed by atoms with Crippen molar-refractivity contribution in [3.63, 3.8) is 0 Å². The van der Waals surface area contributed by atoms with Crippen LogP contribution in [0.3, 0.4) is 0 Å². The summed E-state index contributed by atoms with van der Waals surface area (Å²) in [6.45, 7) is 0.0921. The smallest absolute Gasteiger partial charge is 0.132 e. The lowest BCUT2D eigenvalue weighted by Gasteiger charge is -2.07. The Hall–Kier alpha value is -1.33. The lowest BCUT2D eigenvalue weighted by atomic mass is 10.1. The van der Waals surface area contributed by atoms with E-state index in [1.54, 1.807) is 7.11 Å². The molecule has 0 aliphatic heterocycles. The zero-order valence-electron chi connectivity index (χ0n) is 10.4. The highest BCUT2D eigenvalue weighted by atomic mass is 79.9. The molecule has 0 fully saturated rings. The van der Waals surface area contributed by atoms with E-state index in [1.807, 2.05) is 35.9 Å². The molecule has 0 bridgehead atoms. The first-order valence-corrected chi connectivity index (χ1v) is 6.43. The minimum Gasteiger partial charge on any atom is -0.497 e. The van der Waals surface area contributed by atoms with Crippen LogP contribution in [0.15, 0.2) is 28.9 Å². The molecular weight excluding hydrogens is 296 g/mol. The summed E-state index contributed by atoms with van der Waals surface area (Å²) >= 11 is 3.47. The van der Waals surface area contributed by atoms with E-state index >= 15 is 0 Å². The van der Waals surface area contributed by atoms with Crippen molar-refractivity contribution in [3.8, 4) is 17.0 Å². The third kappa shape index (κ3) is 2.42. The summed E-state index contributed by atoms with van der Waals surface area (Å²) in [5, 5.41) is 9.01. The van der Waals surface area contributed by atoms with E-state index in [4.69, 9.17) is 9.84 Å². The third-order valence-electron chi connectivity index (χ3n) is 2.82. The molecule has 4 nitrogen and oxygen atoms in total. The number of rotatable bonds is 4. The van der Waals surface area contributed by atoms with Crippen molar-refractivity contribution in [2.75, 3.05) is 13.7 Å². The molecule has 18 heavy (non-hydrogen) atoms. The molecule has 0 radical (unpaired) electrons. The SMILES string of the molecule is COc1cccc(-c2c(Br)nc(CCO)n2C)c1. The number of aromatic nitrogens is 2. The molecule has 1 aromatic heterocycles. The molecule has 96 valence electrons. The average Bonchev–Trinajstić information content (AvgIpc) is 2.65. The monoisotopic (exact) mass is 310 g/mol. The van der Waals surface area contributed by atoms with E-state index in [0.717, 1.165) is 27.4 Å². The van der Waals surface area contributed by atoms with Crippen LogP contribution in [-0.2, 0) is 13.5 Å². The molecule has 0 aliphatic rings. The van der Waals surface area contributed by atoms with Gasteiger partial charge >= 0.3 is 0 Å². The van der Waals surface area contributed by atoms with Crippen LogP contribution in [0.5, 0.6) is 5.75 Å². The van der Waals surface area contributed by atoms with Crippen molar-refractivity contribution in [1.29, 1.82) is 0 Å². The zero-order chi connectivity index (χ0) is 13.1. The Morgan fingerprint density at radius 3 is 2.89 bits per heavy atom. The van der Waals surface area contributed by atoms with E-state index in [9.17, 15) is 0 Å². The van der Waals surface area contributed by atoms with Gasteiger partial charge in [-0.3, -0.25) is 0 Å². The van der Waals surface area contributed by atoms with Crippen LogP contribution in [0.25, 0.3) is 11.3 Å². The minimum absolute atomic E-state index is 0.0921. The van der Waals surface area contributed by atoms with Crippen molar-refractivity contribution in [2.24, 2.45) is 7.05 Å². The second-order valence-corrected chi connectivity index (χ2v) is 4.68. The second-order valence-electron chi connectivity index (χ2n) is 3.93. The number of aliphatic hydroxyl groups excluding tert-OH is 1. The number of ether oxygens (including phenoxy) is 1. The summed E-state index contributed by atoms with van der Waals surface area (Å²) < 4.78 is 7.99. The highest BCUT2D eigenvalue weighted by molar-refractivity contribution is 9.10. The Balaban J connectivity index is 2.49. The molecule has 0 saturated carbocycles. The molecule has 1 aromatic carbocycles. The van der Waals surface area contributed by atoms with Gasteiger partial charge in [-0.25, -0.2) is 4.98 Å². The maximum atomic E-state index is 9.01. The topological polar surface area (TPSA) is 47.3 Å². The van der Waals surface area contributed by atoms with E-state index in [2.05, 4.69) is 20.9 Å². The first kappa shape index (κ1) is 13.1. The molecule has 0 amide bonds. The Morgan fingerprint density at radius 2 is 2.22 bits per heavy atom. The molecule has 0 unspecified atom stereocenters. The van der Waals surface area contributed by atoms with Gasteiger partial charge in [0.05, 0.1) is 19.4 Å². The Morgan fingerprint density at radius 1 is 1.44 bits per heavy atom. The number of hydrogen-bond acceptors (Lipinski definition) is 3. The van der Waals surface area contributed by atoms with Gasteiger partial charge in [0.25, 0.3) is 0 Å². The predicted octanol–water partition coefficient (Wildman–Crippen LogP) is 2.39. The Labute approximate surface area is 114 Å². The molecule has 0 spiro atoms. The molecule has 5 heteroatoms. The van der Waals surface area contributed by atoms with Gasteiger partial charge in [0.2, 0.25) is 0 Å². The van der Waals surface area contributed by atoms with Gasteiger partial charge in [-0.2, -0.15) is 0 Å². The average molecular weight is 311 g/mol. The van der Waals surface area contributed by atoms with Gasteiger partial charge < -0.3 is 14.4 Å².